The number of piperazine rings is 1. The Morgan fingerprint density at radius 3 is 2.13 bits per heavy atom. The smallest absolute Gasteiger partial charge is 0.329 e. The lowest BCUT2D eigenvalue weighted by Crippen LogP contribution is -2.48. The van der Waals surface area contributed by atoms with Gasteiger partial charge in [-0.15, -0.1) is 11.3 Å². The molecule has 0 spiro atoms. The summed E-state index contributed by atoms with van der Waals surface area (Å²) in [5, 5.41) is 9.72. The van der Waals surface area contributed by atoms with Gasteiger partial charge in [0, 0.05) is 53.8 Å². The standard InChI is InChI=1S/C37H37BrN2O6S/c38-29-8-6-28(7-9-29)37-36(33-15-14-32(24-34(33)47-37)45-25-27-4-2-1-3-5-27)46-31-12-10-30(11-13-31)44-23-21-40-18-16-39(17-19-40)20-22-43-26-35(41)42/h1-15,24H,16-23,25-26H2,(H,41,42). The van der Waals surface area contributed by atoms with Gasteiger partial charge in [-0.2, -0.15) is 0 Å². The Balaban J connectivity index is 1.06. The van der Waals surface area contributed by atoms with E-state index >= 15 is 0 Å². The molecule has 0 bridgehead atoms. The van der Waals surface area contributed by atoms with E-state index in [1.54, 1.807) is 11.3 Å². The maximum absolute atomic E-state index is 10.6. The molecule has 0 atom stereocenters. The van der Waals surface area contributed by atoms with Crippen LogP contribution in [-0.4, -0.2) is 80.0 Å². The Hall–Kier alpha value is -3.93. The van der Waals surface area contributed by atoms with Gasteiger partial charge < -0.3 is 24.1 Å². The molecule has 0 saturated carbocycles. The number of halogens is 1. The molecule has 2 heterocycles. The summed E-state index contributed by atoms with van der Waals surface area (Å²) in [4.78, 5) is 16.3. The second-order valence-corrected chi connectivity index (χ2v) is 13.2. The Morgan fingerprint density at radius 1 is 0.766 bits per heavy atom. The molecule has 1 aliphatic rings. The Bertz CT molecular complexity index is 1740. The molecule has 4 aromatic carbocycles. The molecule has 5 aromatic rings. The second kappa shape index (κ2) is 16.3. The largest absolute Gasteiger partial charge is 0.492 e. The number of carboxylic acid groups (broad SMARTS) is 1. The van der Waals surface area contributed by atoms with Crippen LogP contribution in [0.25, 0.3) is 20.5 Å². The number of thiophene rings is 1. The number of aliphatic carboxylic acids is 1. The number of nitrogens with zero attached hydrogens (tertiary/aromatic N) is 2. The summed E-state index contributed by atoms with van der Waals surface area (Å²) in [5.41, 5.74) is 2.21. The molecule has 47 heavy (non-hydrogen) atoms. The van der Waals surface area contributed by atoms with Crippen molar-refractivity contribution < 1.29 is 28.8 Å². The monoisotopic (exact) mass is 716 g/mol. The molecule has 1 N–H and O–H groups in total. The van der Waals surface area contributed by atoms with E-state index in [1.165, 1.54) is 0 Å². The van der Waals surface area contributed by atoms with Crippen LogP contribution in [-0.2, 0) is 16.1 Å². The van der Waals surface area contributed by atoms with Crippen LogP contribution in [0.3, 0.4) is 0 Å². The first-order chi connectivity index (χ1) is 23.0. The first kappa shape index (κ1) is 33.0. The van der Waals surface area contributed by atoms with Crippen molar-refractivity contribution in [3.8, 4) is 33.4 Å². The highest BCUT2D eigenvalue weighted by molar-refractivity contribution is 9.10. The van der Waals surface area contributed by atoms with Crippen LogP contribution in [0.15, 0.2) is 102 Å². The van der Waals surface area contributed by atoms with Gasteiger partial charge in [0.25, 0.3) is 0 Å². The molecule has 1 aliphatic heterocycles. The lowest BCUT2D eigenvalue weighted by atomic mass is 10.1. The lowest BCUT2D eigenvalue weighted by Gasteiger charge is -2.34. The molecular weight excluding hydrogens is 680 g/mol. The third-order valence-electron chi connectivity index (χ3n) is 7.93. The van der Waals surface area contributed by atoms with Crippen molar-refractivity contribution in [2.75, 3.05) is 59.1 Å². The predicted molar refractivity (Wildman–Crippen MR) is 189 cm³/mol. The summed E-state index contributed by atoms with van der Waals surface area (Å²) in [6.07, 6.45) is 0. The molecule has 0 unspecified atom stereocenters. The number of ether oxygens (including phenoxy) is 4. The summed E-state index contributed by atoms with van der Waals surface area (Å²) in [7, 11) is 0. The third-order valence-corrected chi connectivity index (χ3v) is 9.64. The summed E-state index contributed by atoms with van der Waals surface area (Å²) in [6, 6.07) is 32.4. The second-order valence-electron chi connectivity index (χ2n) is 11.3. The van der Waals surface area contributed by atoms with Crippen molar-refractivity contribution in [2.24, 2.45) is 0 Å². The van der Waals surface area contributed by atoms with Gasteiger partial charge in [-0.25, -0.2) is 4.79 Å². The van der Waals surface area contributed by atoms with Crippen LogP contribution in [0.2, 0.25) is 0 Å². The van der Waals surface area contributed by atoms with Crippen LogP contribution in [0.5, 0.6) is 23.0 Å². The van der Waals surface area contributed by atoms with E-state index < -0.39 is 5.97 Å². The number of carbonyl (C=O) groups is 1. The number of carboxylic acids is 1. The number of fused-ring (bicyclic) bond motifs is 1. The molecule has 0 amide bonds. The molecule has 1 fully saturated rings. The molecule has 1 aromatic heterocycles. The van der Waals surface area contributed by atoms with Crippen LogP contribution in [0.1, 0.15) is 5.56 Å². The minimum atomic E-state index is -0.932. The normalized spacial score (nSPS) is 13.9. The first-order valence-electron chi connectivity index (χ1n) is 15.6. The molecule has 1 saturated heterocycles. The quantitative estimate of drug-likeness (QED) is 0.110. The topological polar surface area (TPSA) is 80.7 Å². The maximum Gasteiger partial charge on any atom is 0.329 e. The summed E-state index contributed by atoms with van der Waals surface area (Å²) in [6.45, 7) is 6.67. The van der Waals surface area contributed by atoms with Crippen molar-refractivity contribution in [3.05, 3.63) is 107 Å². The van der Waals surface area contributed by atoms with Crippen LogP contribution in [0.4, 0.5) is 0 Å². The predicted octanol–water partition coefficient (Wildman–Crippen LogP) is 7.80. The van der Waals surface area contributed by atoms with Gasteiger partial charge in [-0.05, 0) is 65.7 Å². The Kier molecular flexibility index (Phi) is 11.4. The summed E-state index contributed by atoms with van der Waals surface area (Å²) >= 11 is 5.25. The highest BCUT2D eigenvalue weighted by Gasteiger charge is 2.19. The van der Waals surface area contributed by atoms with Crippen LogP contribution < -0.4 is 14.2 Å². The maximum atomic E-state index is 10.6. The van der Waals surface area contributed by atoms with Gasteiger partial charge in [0.15, 0.2) is 5.75 Å². The fourth-order valence-corrected chi connectivity index (χ4v) is 6.81. The van der Waals surface area contributed by atoms with Crippen LogP contribution >= 0.6 is 27.3 Å². The fourth-order valence-electron chi connectivity index (χ4n) is 5.38. The highest BCUT2D eigenvalue weighted by atomic mass is 79.9. The SMILES string of the molecule is O=C(O)COCCN1CCN(CCOc2ccc(Oc3c(-c4ccc(Br)cc4)sc4cc(OCc5ccccc5)ccc34)cc2)CC1. The Morgan fingerprint density at radius 2 is 1.43 bits per heavy atom. The number of hydrogen-bond acceptors (Lipinski definition) is 8. The fraction of sp³-hybridized carbons (Fsp3) is 0.270. The van der Waals surface area contributed by atoms with E-state index in [-0.39, 0.29) is 6.61 Å². The van der Waals surface area contributed by atoms with E-state index in [9.17, 15) is 4.79 Å². The van der Waals surface area contributed by atoms with Crippen molar-refractivity contribution in [1.29, 1.82) is 0 Å². The lowest BCUT2D eigenvalue weighted by molar-refractivity contribution is -0.142. The minimum Gasteiger partial charge on any atom is -0.492 e. The minimum absolute atomic E-state index is 0.241. The molecule has 244 valence electrons. The van der Waals surface area contributed by atoms with E-state index in [4.69, 9.17) is 24.1 Å². The number of benzene rings is 4. The molecule has 10 heteroatoms. The van der Waals surface area contributed by atoms with E-state index in [1.807, 2.05) is 60.7 Å². The van der Waals surface area contributed by atoms with Gasteiger partial charge in [0.2, 0.25) is 0 Å². The molecular formula is C37H37BrN2O6S. The van der Waals surface area contributed by atoms with Gasteiger partial charge in [-0.1, -0.05) is 58.4 Å². The molecule has 0 aliphatic carbocycles. The average Bonchev–Trinajstić information content (AvgIpc) is 3.45. The van der Waals surface area contributed by atoms with Crippen LogP contribution in [0, 0.1) is 0 Å². The Labute approximate surface area is 287 Å². The number of hydrogen-bond donors (Lipinski definition) is 1. The van der Waals surface area contributed by atoms with Crippen molar-refractivity contribution in [1.82, 2.24) is 9.80 Å². The third kappa shape index (κ3) is 9.33. The first-order valence-corrected chi connectivity index (χ1v) is 17.3. The molecule has 0 radical (unpaired) electrons. The zero-order chi connectivity index (χ0) is 32.4. The van der Waals surface area contributed by atoms with E-state index in [0.717, 1.165) is 92.8 Å². The van der Waals surface area contributed by atoms with Gasteiger partial charge in [-0.3, -0.25) is 9.80 Å². The number of rotatable bonds is 15. The highest BCUT2D eigenvalue weighted by Crippen LogP contribution is 2.47. The van der Waals surface area contributed by atoms with Crippen molar-refractivity contribution >= 4 is 43.3 Å². The molecule has 6 rings (SSSR count). The summed E-state index contributed by atoms with van der Waals surface area (Å²) in [5.74, 6) is 2.25. The van der Waals surface area contributed by atoms with Gasteiger partial charge >= 0.3 is 5.97 Å². The zero-order valence-electron chi connectivity index (χ0n) is 26.0. The summed E-state index contributed by atoms with van der Waals surface area (Å²) < 4.78 is 26.1. The molecule has 8 nitrogen and oxygen atoms in total. The average molecular weight is 718 g/mol. The zero-order valence-corrected chi connectivity index (χ0v) is 28.4. The van der Waals surface area contributed by atoms with E-state index in [2.05, 4.69) is 62.1 Å². The van der Waals surface area contributed by atoms with Gasteiger partial charge in [0.05, 0.1) is 11.5 Å². The van der Waals surface area contributed by atoms with Crippen molar-refractivity contribution in [2.45, 2.75) is 6.61 Å². The van der Waals surface area contributed by atoms with Crippen molar-refractivity contribution in [3.63, 3.8) is 0 Å². The van der Waals surface area contributed by atoms with E-state index in [0.29, 0.717) is 19.8 Å². The van der Waals surface area contributed by atoms with Gasteiger partial charge in [0.1, 0.15) is 37.1 Å².